The predicted molar refractivity (Wildman–Crippen MR) is 126 cm³/mol. The van der Waals surface area contributed by atoms with E-state index in [0.29, 0.717) is 12.8 Å². The summed E-state index contributed by atoms with van der Waals surface area (Å²) in [4.78, 5) is 18.2. The van der Waals surface area contributed by atoms with E-state index in [1.165, 1.54) is 12.1 Å². The Hall–Kier alpha value is -3.13. The number of nitrogens with one attached hydrogen (secondary N) is 2. The van der Waals surface area contributed by atoms with Gasteiger partial charge in [-0.2, -0.15) is 13.2 Å². The second-order valence-electron chi connectivity index (χ2n) is 8.57. The lowest BCUT2D eigenvalue weighted by Crippen LogP contribution is -2.43. The maximum absolute atomic E-state index is 12.9. The van der Waals surface area contributed by atoms with Crippen molar-refractivity contribution in [2.45, 2.75) is 44.9 Å². The fraction of sp³-hybridized carbons (Fsp3) is 0.385. The summed E-state index contributed by atoms with van der Waals surface area (Å²) >= 11 is 0. The highest BCUT2D eigenvalue weighted by Gasteiger charge is 2.30. The molecule has 0 aliphatic carbocycles. The maximum atomic E-state index is 12.9. The van der Waals surface area contributed by atoms with Crippen molar-refractivity contribution in [3.63, 3.8) is 0 Å². The zero-order chi connectivity index (χ0) is 24.7. The molecule has 2 aromatic rings. The molecule has 1 heterocycles. The molecule has 2 unspecified atom stereocenters. The van der Waals surface area contributed by atoms with Gasteiger partial charge in [-0.05, 0) is 53.7 Å². The molecule has 0 saturated carbocycles. The standard InChI is InChI=1S/C26H30F3N3O2/c1-17(2)23-15-20(16-34-32-23)22(14-11-18-9-12-21(13-10-18)26(27,28)29)31-24(25(33)30-3)19-7-5-4-6-8-19/h4-10,12-13,15,17,22,24,31H,11,14,16H2,1-3H3,(H,30,33). The van der Waals surface area contributed by atoms with Gasteiger partial charge >= 0.3 is 6.18 Å². The average Bonchev–Trinajstić information content (AvgIpc) is 2.84. The first-order valence-corrected chi connectivity index (χ1v) is 11.3. The number of alkyl halides is 3. The van der Waals surface area contributed by atoms with Crippen LogP contribution in [0.2, 0.25) is 0 Å². The Kier molecular flexibility index (Phi) is 8.50. The number of hydrogen-bond acceptors (Lipinski definition) is 4. The molecule has 0 radical (unpaired) electrons. The van der Waals surface area contributed by atoms with Crippen molar-refractivity contribution in [1.29, 1.82) is 0 Å². The third-order valence-electron chi connectivity index (χ3n) is 5.79. The normalized spacial score (nSPS) is 15.7. The van der Waals surface area contributed by atoms with Gasteiger partial charge < -0.3 is 10.2 Å². The highest BCUT2D eigenvalue weighted by molar-refractivity contribution is 5.97. The van der Waals surface area contributed by atoms with Gasteiger partial charge in [-0.15, -0.1) is 0 Å². The zero-order valence-corrected chi connectivity index (χ0v) is 19.5. The molecule has 3 rings (SSSR count). The Labute approximate surface area is 198 Å². The van der Waals surface area contributed by atoms with Crippen LogP contribution >= 0.6 is 0 Å². The third kappa shape index (κ3) is 6.70. The first-order chi connectivity index (χ1) is 16.2. The lowest BCUT2D eigenvalue weighted by Gasteiger charge is -2.29. The fourth-order valence-electron chi connectivity index (χ4n) is 3.77. The molecule has 2 atom stereocenters. The first kappa shape index (κ1) is 25.5. The van der Waals surface area contributed by atoms with Gasteiger partial charge in [0.2, 0.25) is 5.91 Å². The second-order valence-corrected chi connectivity index (χ2v) is 8.57. The summed E-state index contributed by atoms with van der Waals surface area (Å²) in [7, 11) is 1.59. The van der Waals surface area contributed by atoms with Crippen molar-refractivity contribution in [2.75, 3.05) is 13.7 Å². The van der Waals surface area contributed by atoms with E-state index in [4.69, 9.17) is 4.84 Å². The summed E-state index contributed by atoms with van der Waals surface area (Å²) in [6.07, 6.45) is -1.29. The van der Waals surface area contributed by atoms with E-state index in [1.807, 2.05) is 50.3 Å². The molecule has 2 aromatic carbocycles. The van der Waals surface area contributed by atoms with Crippen LogP contribution in [-0.2, 0) is 22.2 Å². The van der Waals surface area contributed by atoms with Gasteiger partial charge in [-0.25, -0.2) is 0 Å². The van der Waals surface area contributed by atoms with Crippen LogP contribution in [0.3, 0.4) is 0 Å². The maximum Gasteiger partial charge on any atom is 0.416 e. The lowest BCUT2D eigenvalue weighted by atomic mass is 9.93. The van der Waals surface area contributed by atoms with Crippen molar-refractivity contribution in [3.05, 3.63) is 82.9 Å². The van der Waals surface area contributed by atoms with E-state index in [-0.39, 0.29) is 24.5 Å². The number of aryl methyl sites for hydroxylation is 1. The Morgan fingerprint density at radius 3 is 2.35 bits per heavy atom. The van der Waals surface area contributed by atoms with Gasteiger partial charge in [0, 0.05) is 13.1 Å². The van der Waals surface area contributed by atoms with Gasteiger partial charge in [0.1, 0.15) is 12.6 Å². The number of likely N-dealkylation sites (N-methyl/N-ethyl adjacent to an activating group) is 1. The highest BCUT2D eigenvalue weighted by atomic mass is 19.4. The molecule has 1 amide bonds. The lowest BCUT2D eigenvalue weighted by molar-refractivity contribution is -0.137. The molecule has 0 saturated heterocycles. The van der Waals surface area contributed by atoms with Crippen molar-refractivity contribution in [3.8, 4) is 0 Å². The summed E-state index contributed by atoms with van der Waals surface area (Å²) in [6, 6.07) is 13.7. The Bertz CT molecular complexity index is 1020. The van der Waals surface area contributed by atoms with E-state index in [9.17, 15) is 18.0 Å². The van der Waals surface area contributed by atoms with Gasteiger partial charge in [-0.3, -0.25) is 10.1 Å². The minimum atomic E-state index is -4.37. The van der Waals surface area contributed by atoms with Crippen LogP contribution in [0.15, 0.2) is 71.4 Å². The summed E-state index contributed by atoms with van der Waals surface area (Å²) < 4.78 is 38.7. The number of hydrogen-bond donors (Lipinski definition) is 2. The number of rotatable bonds is 9. The Balaban J connectivity index is 1.86. The van der Waals surface area contributed by atoms with Crippen molar-refractivity contribution >= 4 is 11.6 Å². The molecular weight excluding hydrogens is 443 g/mol. The molecule has 0 fully saturated rings. The SMILES string of the molecule is CNC(=O)C(NC(CCc1ccc(C(F)(F)F)cc1)C1=CC(C(C)C)=NOC1)c1ccccc1. The fourth-order valence-corrected chi connectivity index (χ4v) is 3.77. The van der Waals surface area contributed by atoms with Crippen LogP contribution < -0.4 is 10.6 Å². The molecule has 5 nitrogen and oxygen atoms in total. The number of halogens is 3. The van der Waals surface area contributed by atoms with Crippen LogP contribution in [-0.4, -0.2) is 31.3 Å². The summed E-state index contributed by atoms with van der Waals surface area (Å²) in [6.45, 7) is 4.31. The Morgan fingerprint density at radius 2 is 1.76 bits per heavy atom. The van der Waals surface area contributed by atoms with Gasteiger partial charge in [-0.1, -0.05) is 61.5 Å². The molecule has 0 spiro atoms. The summed E-state index contributed by atoms with van der Waals surface area (Å²) in [5.74, 6) is -0.0180. The molecule has 0 bridgehead atoms. The molecule has 8 heteroatoms. The molecule has 1 aliphatic rings. The van der Waals surface area contributed by atoms with Crippen LogP contribution in [0.4, 0.5) is 13.2 Å². The first-order valence-electron chi connectivity index (χ1n) is 11.3. The number of oxime groups is 1. The molecule has 2 N–H and O–H groups in total. The van der Waals surface area contributed by atoms with Crippen molar-refractivity contribution in [1.82, 2.24) is 10.6 Å². The number of carbonyl (C=O) groups excluding carboxylic acids is 1. The zero-order valence-electron chi connectivity index (χ0n) is 19.5. The van der Waals surface area contributed by atoms with Crippen LogP contribution in [0, 0.1) is 5.92 Å². The smallest absolute Gasteiger partial charge is 0.391 e. The largest absolute Gasteiger partial charge is 0.416 e. The van der Waals surface area contributed by atoms with E-state index in [0.717, 1.165) is 34.5 Å². The van der Waals surface area contributed by atoms with E-state index < -0.39 is 17.8 Å². The molecular formula is C26H30F3N3O2. The molecule has 182 valence electrons. The number of amides is 1. The van der Waals surface area contributed by atoms with Gasteiger partial charge in [0.15, 0.2) is 0 Å². The van der Waals surface area contributed by atoms with Crippen molar-refractivity contribution < 1.29 is 22.8 Å². The summed E-state index contributed by atoms with van der Waals surface area (Å²) in [5, 5.41) is 10.3. The topological polar surface area (TPSA) is 62.7 Å². The van der Waals surface area contributed by atoms with Gasteiger partial charge in [0.25, 0.3) is 0 Å². The molecule has 1 aliphatic heterocycles. The number of benzene rings is 2. The highest BCUT2D eigenvalue weighted by Crippen LogP contribution is 2.29. The number of allylic oxidation sites excluding steroid dienone is 1. The van der Waals surface area contributed by atoms with Crippen LogP contribution in [0.5, 0.6) is 0 Å². The van der Waals surface area contributed by atoms with E-state index in [2.05, 4.69) is 15.8 Å². The van der Waals surface area contributed by atoms with Gasteiger partial charge in [0.05, 0.1) is 11.3 Å². The predicted octanol–water partition coefficient (Wildman–Crippen LogP) is 5.05. The third-order valence-corrected chi connectivity index (χ3v) is 5.79. The Morgan fingerprint density at radius 1 is 1.09 bits per heavy atom. The number of nitrogens with zero attached hydrogens (tertiary/aromatic N) is 1. The van der Waals surface area contributed by atoms with E-state index in [1.54, 1.807) is 7.05 Å². The molecule has 0 aromatic heterocycles. The van der Waals surface area contributed by atoms with Crippen LogP contribution in [0.1, 0.15) is 43.0 Å². The average molecular weight is 474 g/mol. The minimum Gasteiger partial charge on any atom is -0.391 e. The van der Waals surface area contributed by atoms with E-state index >= 15 is 0 Å². The summed E-state index contributed by atoms with van der Waals surface area (Å²) in [5.41, 5.74) is 2.67. The van der Waals surface area contributed by atoms with Crippen molar-refractivity contribution in [2.24, 2.45) is 11.1 Å². The van der Waals surface area contributed by atoms with Crippen LogP contribution in [0.25, 0.3) is 0 Å². The quantitative estimate of drug-likeness (QED) is 0.536. The minimum absolute atomic E-state index is 0.162. The molecule has 34 heavy (non-hydrogen) atoms. The monoisotopic (exact) mass is 473 g/mol. The second kappa shape index (κ2) is 11.3. The number of carbonyl (C=O) groups is 1.